The Morgan fingerprint density at radius 1 is 1.00 bits per heavy atom. The van der Waals surface area contributed by atoms with Crippen LogP contribution in [0.15, 0.2) is 30.4 Å². The highest BCUT2D eigenvalue weighted by molar-refractivity contribution is 5.88. The predicted octanol–water partition coefficient (Wildman–Crippen LogP) is 6.61. The molecule has 0 aliphatic heterocycles. The Morgan fingerprint density at radius 3 is 1.95 bits per heavy atom. The van der Waals surface area contributed by atoms with Crippen molar-refractivity contribution in [2.45, 2.75) is 67.7 Å². The van der Waals surface area contributed by atoms with Gasteiger partial charge in [-0.15, -0.1) is 0 Å². The van der Waals surface area contributed by atoms with E-state index in [4.69, 9.17) is 0 Å². The molecule has 0 radical (unpaired) electrons. The van der Waals surface area contributed by atoms with E-state index in [1.54, 1.807) is 0 Å². The number of allylic oxidation sites excluding steroid dienone is 3. The summed E-state index contributed by atoms with van der Waals surface area (Å²) in [6.45, 7) is 24.1. The van der Waals surface area contributed by atoms with E-state index in [9.17, 15) is 0 Å². The van der Waals surface area contributed by atoms with Crippen LogP contribution in [0.1, 0.15) is 70.7 Å². The monoisotopic (exact) mass is 284 g/mol. The molecule has 0 amide bonds. The third-order valence-electron chi connectivity index (χ3n) is 4.21. The zero-order chi connectivity index (χ0) is 16.6. The molecule has 0 fully saturated rings. The molecular formula is C21H32. The molecule has 1 aliphatic carbocycles. The summed E-state index contributed by atoms with van der Waals surface area (Å²) in [6, 6.07) is 4.65. The van der Waals surface area contributed by atoms with Crippen LogP contribution in [0.25, 0.3) is 5.57 Å². The molecular weight excluding hydrogens is 252 g/mol. The first kappa shape index (κ1) is 17.8. The number of aryl methyl sites for hydroxylation is 2. The SMILES string of the molecule is C=C1/C(=C\C(C)(C)C)C(C)(C)c2cc(C)c(C)cc21.CC. The Morgan fingerprint density at radius 2 is 1.48 bits per heavy atom. The van der Waals surface area contributed by atoms with E-state index in [1.165, 1.54) is 33.4 Å². The van der Waals surface area contributed by atoms with E-state index in [1.807, 2.05) is 13.8 Å². The molecule has 0 nitrogen and oxygen atoms in total. The molecule has 0 unspecified atom stereocenters. The third kappa shape index (κ3) is 3.31. The summed E-state index contributed by atoms with van der Waals surface area (Å²) >= 11 is 0. The zero-order valence-corrected chi connectivity index (χ0v) is 15.4. The highest BCUT2D eigenvalue weighted by Crippen LogP contribution is 2.50. The first-order valence-corrected chi connectivity index (χ1v) is 8.09. The van der Waals surface area contributed by atoms with Crippen molar-refractivity contribution in [3.63, 3.8) is 0 Å². The Bertz CT molecular complexity index is 575. The van der Waals surface area contributed by atoms with Crippen molar-refractivity contribution in [3.05, 3.63) is 52.6 Å². The predicted molar refractivity (Wildman–Crippen MR) is 96.9 cm³/mol. The fourth-order valence-electron chi connectivity index (χ4n) is 2.95. The van der Waals surface area contributed by atoms with Crippen molar-refractivity contribution >= 4 is 5.57 Å². The minimum Gasteiger partial charge on any atom is -0.0908 e. The van der Waals surface area contributed by atoms with Crippen LogP contribution in [0.5, 0.6) is 0 Å². The Labute approximate surface area is 132 Å². The molecule has 1 aliphatic rings. The Hall–Kier alpha value is -1.30. The van der Waals surface area contributed by atoms with Crippen LogP contribution < -0.4 is 0 Å². The Balaban J connectivity index is 0.00000106. The quantitative estimate of drug-likeness (QED) is 0.503. The van der Waals surface area contributed by atoms with Gasteiger partial charge in [0.25, 0.3) is 0 Å². The smallest absolute Gasteiger partial charge is 0.0155 e. The molecule has 0 saturated carbocycles. The zero-order valence-electron chi connectivity index (χ0n) is 15.4. The molecule has 21 heavy (non-hydrogen) atoms. The third-order valence-corrected chi connectivity index (χ3v) is 4.21. The second kappa shape index (κ2) is 5.83. The van der Waals surface area contributed by atoms with Crippen LogP contribution in [-0.2, 0) is 5.41 Å². The van der Waals surface area contributed by atoms with Gasteiger partial charge < -0.3 is 0 Å². The van der Waals surface area contributed by atoms with Crippen molar-refractivity contribution in [2.24, 2.45) is 5.41 Å². The molecule has 0 heterocycles. The number of hydrogen-bond donors (Lipinski definition) is 0. The van der Waals surface area contributed by atoms with Gasteiger partial charge in [0, 0.05) is 5.41 Å². The van der Waals surface area contributed by atoms with Gasteiger partial charge in [-0.25, -0.2) is 0 Å². The largest absolute Gasteiger partial charge is 0.0908 e. The Kier molecular flexibility index (Phi) is 4.93. The maximum Gasteiger partial charge on any atom is 0.0155 e. The van der Waals surface area contributed by atoms with Gasteiger partial charge in [-0.1, -0.05) is 73.3 Å². The molecule has 0 atom stereocenters. The molecule has 0 N–H and O–H groups in total. The van der Waals surface area contributed by atoms with Gasteiger partial charge >= 0.3 is 0 Å². The standard InChI is InChI=1S/C19H26.C2H6/c1-12-9-15-14(3)17(11-18(4,5)6)19(7,8)16(15)10-13(12)2;1-2/h9-11H,3H2,1-2,4-8H3;1-2H3/b17-11+;. The lowest BCUT2D eigenvalue weighted by Crippen LogP contribution is -2.17. The van der Waals surface area contributed by atoms with E-state index in [0.29, 0.717) is 0 Å². The first-order chi connectivity index (χ1) is 9.54. The van der Waals surface area contributed by atoms with E-state index in [-0.39, 0.29) is 10.8 Å². The highest BCUT2D eigenvalue weighted by atomic mass is 14.4. The maximum absolute atomic E-state index is 4.36. The normalized spacial score (nSPS) is 18.3. The van der Waals surface area contributed by atoms with E-state index >= 15 is 0 Å². The van der Waals surface area contributed by atoms with E-state index < -0.39 is 0 Å². The number of rotatable bonds is 0. The fourth-order valence-corrected chi connectivity index (χ4v) is 2.95. The molecule has 0 saturated heterocycles. The molecule has 116 valence electrons. The average Bonchev–Trinajstić information content (AvgIpc) is 2.53. The summed E-state index contributed by atoms with van der Waals surface area (Å²) in [7, 11) is 0. The van der Waals surface area contributed by atoms with Gasteiger partial charge in [0.15, 0.2) is 0 Å². The fraction of sp³-hybridized carbons (Fsp3) is 0.524. The summed E-state index contributed by atoms with van der Waals surface area (Å²) in [5.41, 5.74) is 8.34. The van der Waals surface area contributed by atoms with Crippen molar-refractivity contribution < 1.29 is 0 Å². The summed E-state index contributed by atoms with van der Waals surface area (Å²) in [4.78, 5) is 0. The minimum absolute atomic E-state index is 0.0676. The van der Waals surface area contributed by atoms with Crippen LogP contribution >= 0.6 is 0 Å². The second-order valence-corrected chi connectivity index (χ2v) is 7.51. The van der Waals surface area contributed by atoms with Gasteiger partial charge in [0.1, 0.15) is 0 Å². The molecule has 1 aromatic rings. The molecule has 0 aromatic heterocycles. The molecule has 2 rings (SSSR count). The minimum atomic E-state index is 0.0676. The lowest BCUT2D eigenvalue weighted by Gasteiger charge is -2.25. The van der Waals surface area contributed by atoms with Gasteiger partial charge in [-0.2, -0.15) is 0 Å². The molecule has 1 aromatic carbocycles. The highest BCUT2D eigenvalue weighted by Gasteiger charge is 2.38. The van der Waals surface area contributed by atoms with Crippen LogP contribution in [0, 0.1) is 19.3 Å². The van der Waals surface area contributed by atoms with Crippen molar-refractivity contribution in [3.8, 4) is 0 Å². The summed E-state index contributed by atoms with van der Waals surface area (Å²) in [5.74, 6) is 0. The van der Waals surface area contributed by atoms with Gasteiger partial charge in [-0.3, -0.25) is 0 Å². The summed E-state index contributed by atoms with van der Waals surface area (Å²) in [6.07, 6.45) is 2.39. The number of benzene rings is 1. The average molecular weight is 284 g/mol. The molecule has 0 spiro atoms. The number of fused-ring (bicyclic) bond motifs is 1. The lowest BCUT2D eigenvalue weighted by atomic mass is 9.78. The van der Waals surface area contributed by atoms with Crippen LogP contribution in [0.2, 0.25) is 0 Å². The lowest BCUT2D eigenvalue weighted by molar-refractivity contribution is 0.528. The van der Waals surface area contributed by atoms with Crippen molar-refractivity contribution in [1.29, 1.82) is 0 Å². The van der Waals surface area contributed by atoms with Crippen LogP contribution in [-0.4, -0.2) is 0 Å². The van der Waals surface area contributed by atoms with Crippen molar-refractivity contribution in [1.82, 2.24) is 0 Å². The van der Waals surface area contributed by atoms with E-state index in [0.717, 1.165) is 0 Å². The second-order valence-electron chi connectivity index (χ2n) is 7.51. The van der Waals surface area contributed by atoms with Gasteiger partial charge in [0.05, 0.1) is 0 Å². The van der Waals surface area contributed by atoms with E-state index in [2.05, 4.69) is 73.3 Å². The van der Waals surface area contributed by atoms with Gasteiger partial charge in [-0.05, 0) is 52.7 Å². The first-order valence-electron chi connectivity index (χ1n) is 8.09. The summed E-state index contributed by atoms with van der Waals surface area (Å²) in [5, 5.41) is 0. The van der Waals surface area contributed by atoms with Crippen molar-refractivity contribution in [2.75, 3.05) is 0 Å². The van der Waals surface area contributed by atoms with Gasteiger partial charge in [0.2, 0.25) is 0 Å². The summed E-state index contributed by atoms with van der Waals surface area (Å²) < 4.78 is 0. The number of hydrogen-bond acceptors (Lipinski definition) is 0. The topological polar surface area (TPSA) is 0 Å². The molecule has 0 heteroatoms. The van der Waals surface area contributed by atoms with Crippen LogP contribution in [0.4, 0.5) is 0 Å². The molecule has 0 bridgehead atoms. The maximum atomic E-state index is 4.36. The van der Waals surface area contributed by atoms with Crippen LogP contribution in [0.3, 0.4) is 0 Å².